The summed E-state index contributed by atoms with van der Waals surface area (Å²) in [6.07, 6.45) is 1.38. The van der Waals surface area contributed by atoms with E-state index in [1.807, 2.05) is 31.2 Å². The van der Waals surface area contributed by atoms with Gasteiger partial charge in [0, 0.05) is 13.1 Å². The third-order valence-electron chi connectivity index (χ3n) is 3.83. The number of hydrogen-bond donors (Lipinski definition) is 0. The van der Waals surface area contributed by atoms with Gasteiger partial charge in [0.25, 0.3) is 0 Å². The topological polar surface area (TPSA) is 63.7 Å². The van der Waals surface area contributed by atoms with E-state index in [1.54, 1.807) is 6.92 Å². The minimum Gasteiger partial charge on any atom is -0.466 e. The maximum atomic E-state index is 12.6. The number of carbonyl (C=O) groups excluding carboxylic acids is 1. The third kappa shape index (κ3) is 4.30. The van der Waals surface area contributed by atoms with Gasteiger partial charge in [0.05, 0.1) is 18.3 Å². The number of carbonyl (C=O) groups is 1. The van der Waals surface area contributed by atoms with Crippen LogP contribution in [-0.4, -0.2) is 38.4 Å². The summed E-state index contributed by atoms with van der Waals surface area (Å²) in [5.41, 5.74) is 1.81. The zero-order valence-corrected chi connectivity index (χ0v) is 13.9. The van der Waals surface area contributed by atoms with Gasteiger partial charge in [-0.05, 0) is 32.3 Å². The smallest absolute Gasteiger partial charge is 0.310 e. The van der Waals surface area contributed by atoms with Gasteiger partial charge in [-0.1, -0.05) is 29.8 Å². The molecule has 22 heavy (non-hydrogen) atoms. The van der Waals surface area contributed by atoms with Crippen LogP contribution in [0.2, 0.25) is 0 Å². The lowest BCUT2D eigenvalue weighted by Gasteiger charge is -2.30. The highest BCUT2D eigenvalue weighted by Gasteiger charge is 2.33. The van der Waals surface area contributed by atoms with Crippen LogP contribution in [0.1, 0.15) is 30.9 Å². The lowest BCUT2D eigenvalue weighted by Crippen LogP contribution is -2.43. The number of esters is 1. The number of aryl methyl sites for hydroxylation is 1. The van der Waals surface area contributed by atoms with Crippen molar-refractivity contribution in [2.24, 2.45) is 5.92 Å². The second-order valence-electron chi connectivity index (χ2n) is 5.69. The maximum Gasteiger partial charge on any atom is 0.310 e. The van der Waals surface area contributed by atoms with Crippen LogP contribution in [0.15, 0.2) is 24.3 Å². The van der Waals surface area contributed by atoms with E-state index in [-0.39, 0.29) is 24.2 Å². The minimum absolute atomic E-state index is 0.0236. The molecule has 1 fully saturated rings. The van der Waals surface area contributed by atoms with Crippen molar-refractivity contribution in [3.05, 3.63) is 35.4 Å². The second-order valence-corrected chi connectivity index (χ2v) is 7.66. The Morgan fingerprint density at radius 1 is 1.41 bits per heavy atom. The van der Waals surface area contributed by atoms with Gasteiger partial charge in [-0.3, -0.25) is 4.79 Å². The van der Waals surface area contributed by atoms with Crippen molar-refractivity contribution in [1.29, 1.82) is 0 Å². The molecule has 0 saturated carbocycles. The Morgan fingerprint density at radius 3 is 2.86 bits per heavy atom. The second kappa shape index (κ2) is 7.24. The normalized spacial score (nSPS) is 19.8. The Balaban J connectivity index is 2.07. The lowest BCUT2D eigenvalue weighted by atomic mass is 10.0. The molecule has 1 unspecified atom stereocenters. The third-order valence-corrected chi connectivity index (χ3v) is 5.65. The van der Waals surface area contributed by atoms with Crippen LogP contribution in [0.3, 0.4) is 0 Å². The van der Waals surface area contributed by atoms with E-state index >= 15 is 0 Å². The first kappa shape index (κ1) is 17.0. The first-order chi connectivity index (χ1) is 10.4. The first-order valence-electron chi connectivity index (χ1n) is 7.62. The Hall–Kier alpha value is -1.40. The number of rotatable bonds is 5. The Labute approximate surface area is 132 Å². The standard InChI is InChI=1S/C16H23NO4S/c1-3-21-16(18)15-8-5-9-17(11-15)22(19,20)12-14-7-4-6-13(2)10-14/h4,6-7,10,15H,3,5,8-9,11-12H2,1-2H3. The summed E-state index contributed by atoms with van der Waals surface area (Å²) in [5.74, 6) is -0.663. The summed E-state index contributed by atoms with van der Waals surface area (Å²) < 4.78 is 31.6. The van der Waals surface area contributed by atoms with Gasteiger partial charge in [-0.25, -0.2) is 12.7 Å². The quantitative estimate of drug-likeness (QED) is 0.778. The predicted molar refractivity (Wildman–Crippen MR) is 84.7 cm³/mol. The van der Waals surface area contributed by atoms with Crippen molar-refractivity contribution in [3.63, 3.8) is 0 Å². The number of nitrogens with zero attached hydrogens (tertiary/aromatic N) is 1. The molecule has 5 nitrogen and oxygen atoms in total. The van der Waals surface area contributed by atoms with E-state index in [1.165, 1.54) is 4.31 Å². The molecule has 6 heteroatoms. The van der Waals surface area contributed by atoms with Crippen molar-refractivity contribution in [3.8, 4) is 0 Å². The fourth-order valence-electron chi connectivity index (χ4n) is 2.75. The van der Waals surface area contributed by atoms with E-state index in [0.29, 0.717) is 26.0 Å². The van der Waals surface area contributed by atoms with E-state index in [9.17, 15) is 13.2 Å². The highest BCUT2D eigenvalue weighted by molar-refractivity contribution is 7.88. The average molecular weight is 325 g/mol. The Morgan fingerprint density at radius 2 is 2.18 bits per heavy atom. The summed E-state index contributed by atoms with van der Waals surface area (Å²) in [5, 5.41) is 0. The van der Waals surface area contributed by atoms with Crippen LogP contribution in [0.4, 0.5) is 0 Å². The average Bonchev–Trinajstić information content (AvgIpc) is 2.47. The molecule has 1 aliphatic heterocycles. The molecule has 1 heterocycles. The summed E-state index contributed by atoms with van der Waals surface area (Å²) in [6, 6.07) is 7.49. The van der Waals surface area contributed by atoms with Crippen molar-refractivity contribution >= 4 is 16.0 Å². The van der Waals surface area contributed by atoms with Crippen molar-refractivity contribution in [2.45, 2.75) is 32.4 Å². The molecule has 1 aromatic rings. The van der Waals surface area contributed by atoms with E-state index in [0.717, 1.165) is 11.1 Å². The van der Waals surface area contributed by atoms with Crippen molar-refractivity contribution < 1.29 is 17.9 Å². The van der Waals surface area contributed by atoms with Gasteiger partial charge < -0.3 is 4.74 Å². The summed E-state index contributed by atoms with van der Waals surface area (Å²) in [4.78, 5) is 11.8. The zero-order chi connectivity index (χ0) is 16.2. The zero-order valence-electron chi connectivity index (χ0n) is 13.1. The molecule has 0 N–H and O–H groups in total. The Kier molecular flexibility index (Phi) is 5.58. The number of piperidine rings is 1. The lowest BCUT2D eigenvalue weighted by molar-refractivity contribution is -0.149. The number of sulfonamides is 1. The van der Waals surface area contributed by atoms with Gasteiger partial charge in [0.15, 0.2) is 0 Å². The van der Waals surface area contributed by atoms with Crippen molar-refractivity contribution in [2.75, 3.05) is 19.7 Å². The minimum atomic E-state index is -3.41. The molecule has 0 radical (unpaired) electrons. The fourth-order valence-corrected chi connectivity index (χ4v) is 4.35. The molecular formula is C16H23NO4S. The van der Waals surface area contributed by atoms with Gasteiger partial charge >= 0.3 is 5.97 Å². The van der Waals surface area contributed by atoms with Crippen molar-refractivity contribution in [1.82, 2.24) is 4.31 Å². The monoisotopic (exact) mass is 325 g/mol. The molecule has 0 amide bonds. The van der Waals surface area contributed by atoms with Crippen LogP contribution in [0, 0.1) is 12.8 Å². The number of ether oxygens (including phenoxy) is 1. The van der Waals surface area contributed by atoms with Gasteiger partial charge in [0.2, 0.25) is 10.0 Å². The van der Waals surface area contributed by atoms with E-state index in [2.05, 4.69) is 0 Å². The van der Waals surface area contributed by atoms with E-state index < -0.39 is 10.0 Å². The molecular weight excluding hydrogens is 302 g/mol. The number of hydrogen-bond acceptors (Lipinski definition) is 4. The Bertz CT molecular complexity index is 627. The van der Waals surface area contributed by atoms with Crippen LogP contribution in [0.25, 0.3) is 0 Å². The highest BCUT2D eigenvalue weighted by Crippen LogP contribution is 2.22. The first-order valence-corrected chi connectivity index (χ1v) is 9.23. The van der Waals surface area contributed by atoms with Crippen LogP contribution in [-0.2, 0) is 25.3 Å². The predicted octanol–water partition coefficient (Wildman–Crippen LogP) is 2.10. The molecule has 2 rings (SSSR count). The van der Waals surface area contributed by atoms with Gasteiger partial charge in [-0.15, -0.1) is 0 Å². The molecule has 122 valence electrons. The maximum absolute atomic E-state index is 12.6. The molecule has 1 saturated heterocycles. The highest BCUT2D eigenvalue weighted by atomic mass is 32.2. The van der Waals surface area contributed by atoms with Crippen LogP contribution in [0.5, 0.6) is 0 Å². The summed E-state index contributed by atoms with van der Waals surface area (Å²) >= 11 is 0. The molecule has 0 bridgehead atoms. The molecule has 1 aliphatic rings. The molecule has 1 aromatic carbocycles. The largest absolute Gasteiger partial charge is 0.466 e. The van der Waals surface area contributed by atoms with Gasteiger partial charge in [-0.2, -0.15) is 0 Å². The molecule has 1 atom stereocenters. The van der Waals surface area contributed by atoms with Gasteiger partial charge in [0.1, 0.15) is 0 Å². The molecule has 0 aromatic heterocycles. The molecule has 0 aliphatic carbocycles. The van der Waals surface area contributed by atoms with Crippen LogP contribution < -0.4 is 0 Å². The number of benzene rings is 1. The van der Waals surface area contributed by atoms with Crippen LogP contribution >= 0.6 is 0 Å². The summed E-state index contributed by atoms with van der Waals surface area (Å²) in [7, 11) is -3.41. The molecule has 0 spiro atoms. The summed E-state index contributed by atoms with van der Waals surface area (Å²) in [6.45, 7) is 4.73. The SMILES string of the molecule is CCOC(=O)C1CCCN(S(=O)(=O)Cc2cccc(C)c2)C1. The van der Waals surface area contributed by atoms with E-state index in [4.69, 9.17) is 4.74 Å². The fraction of sp³-hybridized carbons (Fsp3) is 0.562.